The second kappa shape index (κ2) is 5.63. The summed E-state index contributed by atoms with van der Waals surface area (Å²) in [7, 11) is 0. The number of rotatable bonds is 4. The number of nitrogen functional groups attached to an aromatic ring is 1. The second-order valence-corrected chi connectivity index (χ2v) is 6.34. The summed E-state index contributed by atoms with van der Waals surface area (Å²) in [6, 6.07) is 0. The molecule has 3 heterocycles. The first-order valence-corrected chi connectivity index (χ1v) is 7.68. The molecular weight excluding hydrogens is 274 g/mol. The van der Waals surface area contributed by atoms with Crippen LogP contribution in [0.25, 0.3) is 10.2 Å². The van der Waals surface area contributed by atoms with Crippen LogP contribution < -0.4 is 5.73 Å². The van der Waals surface area contributed by atoms with E-state index in [-0.39, 0.29) is 6.10 Å². The number of anilines is 1. The van der Waals surface area contributed by atoms with Crippen LogP contribution in [0.15, 0.2) is 0 Å². The molecule has 1 saturated heterocycles. The van der Waals surface area contributed by atoms with E-state index < -0.39 is 0 Å². The van der Waals surface area contributed by atoms with Gasteiger partial charge in [0.05, 0.1) is 18.1 Å². The molecule has 0 bridgehead atoms. The van der Waals surface area contributed by atoms with Crippen molar-refractivity contribution in [3.8, 4) is 0 Å². The van der Waals surface area contributed by atoms with Crippen molar-refractivity contribution < 1.29 is 9.47 Å². The summed E-state index contributed by atoms with van der Waals surface area (Å²) >= 11 is 1.65. The molecule has 2 aromatic rings. The zero-order valence-corrected chi connectivity index (χ0v) is 12.6. The number of nitrogens with zero attached hydrogens (tertiary/aromatic N) is 2. The van der Waals surface area contributed by atoms with Crippen molar-refractivity contribution in [2.75, 3.05) is 18.9 Å². The minimum atomic E-state index is 0.224. The standard InChI is InChI=1S/C14H19N3O2S/c1-8-9(2)20-14-12(8)13(15)16-11(17-14)7-18-6-10-4-3-5-19-10/h10H,3-7H2,1-2H3,(H2,15,16,17). The Hall–Kier alpha value is -1.24. The van der Waals surface area contributed by atoms with Crippen LogP contribution in [0.3, 0.4) is 0 Å². The Bertz CT molecular complexity index is 620. The Balaban J connectivity index is 1.72. The molecule has 1 aliphatic rings. The summed E-state index contributed by atoms with van der Waals surface area (Å²) in [5.74, 6) is 1.20. The maximum Gasteiger partial charge on any atom is 0.158 e. The van der Waals surface area contributed by atoms with Crippen LogP contribution in [0, 0.1) is 13.8 Å². The zero-order chi connectivity index (χ0) is 14.1. The fourth-order valence-corrected chi connectivity index (χ4v) is 3.50. The lowest BCUT2D eigenvalue weighted by Crippen LogP contribution is -2.14. The first kappa shape index (κ1) is 13.7. The molecule has 1 aliphatic heterocycles. The number of nitrogens with two attached hydrogens (primary N) is 1. The predicted octanol–water partition coefficient (Wildman–Crippen LogP) is 2.59. The molecule has 1 fully saturated rings. The van der Waals surface area contributed by atoms with E-state index in [2.05, 4.69) is 23.8 Å². The van der Waals surface area contributed by atoms with Crippen LogP contribution in [0.1, 0.15) is 29.1 Å². The van der Waals surface area contributed by atoms with Gasteiger partial charge >= 0.3 is 0 Å². The fraction of sp³-hybridized carbons (Fsp3) is 0.571. The van der Waals surface area contributed by atoms with Gasteiger partial charge in [0.1, 0.15) is 17.3 Å². The van der Waals surface area contributed by atoms with E-state index in [1.165, 1.54) is 10.4 Å². The smallest absolute Gasteiger partial charge is 0.158 e. The Labute approximate surface area is 122 Å². The maximum atomic E-state index is 6.04. The van der Waals surface area contributed by atoms with Crippen molar-refractivity contribution in [1.29, 1.82) is 0 Å². The van der Waals surface area contributed by atoms with Crippen LogP contribution in [0.2, 0.25) is 0 Å². The molecule has 0 radical (unpaired) electrons. The molecule has 6 heteroatoms. The average molecular weight is 293 g/mol. The molecule has 0 amide bonds. The van der Waals surface area contributed by atoms with E-state index in [0.717, 1.165) is 29.7 Å². The van der Waals surface area contributed by atoms with Crippen molar-refractivity contribution >= 4 is 27.4 Å². The Morgan fingerprint density at radius 3 is 3.00 bits per heavy atom. The minimum absolute atomic E-state index is 0.224. The van der Waals surface area contributed by atoms with E-state index in [9.17, 15) is 0 Å². The highest BCUT2D eigenvalue weighted by Gasteiger charge is 2.16. The molecule has 0 aromatic carbocycles. The molecule has 5 nitrogen and oxygen atoms in total. The van der Waals surface area contributed by atoms with E-state index >= 15 is 0 Å². The van der Waals surface area contributed by atoms with E-state index in [1.54, 1.807) is 11.3 Å². The maximum absolute atomic E-state index is 6.04. The molecule has 0 spiro atoms. The van der Waals surface area contributed by atoms with Crippen molar-refractivity contribution in [3.05, 3.63) is 16.3 Å². The van der Waals surface area contributed by atoms with Gasteiger partial charge in [0.15, 0.2) is 5.82 Å². The molecule has 20 heavy (non-hydrogen) atoms. The van der Waals surface area contributed by atoms with Gasteiger partial charge in [0, 0.05) is 11.5 Å². The molecule has 0 aliphatic carbocycles. The third-order valence-corrected chi connectivity index (χ3v) is 4.76. The van der Waals surface area contributed by atoms with E-state index in [0.29, 0.717) is 24.9 Å². The lowest BCUT2D eigenvalue weighted by Gasteiger charge is -2.09. The number of hydrogen-bond donors (Lipinski definition) is 1. The largest absolute Gasteiger partial charge is 0.383 e. The summed E-state index contributed by atoms with van der Waals surface area (Å²) in [4.78, 5) is 11.1. The molecule has 108 valence electrons. The summed E-state index contributed by atoms with van der Waals surface area (Å²) < 4.78 is 11.2. The number of ether oxygens (including phenoxy) is 2. The molecule has 1 atom stereocenters. The van der Waals surface area contributed by atoms with Gasteiger partial charge < -0.3 is 15.2 Å². The van der Waals surface area contributed by atoms with Gasteiger partial charge in [-0.15, -0.1) is 11.3 Å². The van der Waals surface area contributed by atoms with Gasteiger partial charge in [0.2, 0.25) is 0 Å². The van der Waals surface area contributed by atoms with E-state index in [4.69, 9.17) is 15.2 Å². The lowest BCUT2D eigenvalue weighted by atomic mass is 10.2. The van der Waals surface area contributed by atoms with Gasteiger partial charge in [-0.05, 0) is 32.3 Å². The van der Waals surface area contributed by atoms with Crippen molar-refractivity contribution in [3.63, 3.8) is 0 Å². The monoisotopic (exact) mass is 293 g/mol. The predicted molar refractivity (Wildman–Crippen MR) is 79.9 cm³/mol. The first-order chi connectivity index (χ1) is 9.65. The topological polar surface area (TPSA) is 70.3 Å². The van der Waals surface area contributed by atoms with Gasteiger partial charge in [-0.3, -0.25) is 0 Å². The van der Waals surface area contributed by atoms with Gasteiger partial charge in [-0.25, -0.2) is 9.97 Å². The Morgan fingerprint density at radius 1 is 1.40 bits per heavy atom. The zero-order valence-electron chi connectivity index (χ0n) is 11.8. The van der Waals surface area contributed by atoms with Crippen LogP contribution in [-0.4, -0.2) is 29.3 Å². The van der Waals surface area contributed by atoms with Crippen LogP contribution in [-0.2, 0) is 16.1 Å². The lowest BCUT2D eigenvalue weighted by molar-refractivity contribution is 0.00875. The van der Waals surface area contributed by atoms with Crippen LogP contribution in [0.5, 0.6) is 0 Å². The minimum Gasteiger partial charge on any atom is -0.383 e. The molecule has 3 rings (SSSR count). The highest BCUT2D eigenvalue weighted by atomic mass is 32.1. The SMILES string of the molecule is Cc1sc2nc(COCC3CCCO3)nc(N)c2c1C. The van der Waals surface area contributed by atoms with E-state index in [1.807, 2.05) is 0 Å². The average Bonchev–Trinajstić information content (AvgIpc) is 2.99. The van der Waals surface area contributed by atoms with Crippen molar-refractivity contribution in [1.82, 2.24) is 9.97 Å². The fourth-order valence-electron chi connectivity index (χ4n) is 2.45. The third kappa shape index (κ3) is 2.63. The quantitative estimate of drug-likeness (QED) is 0.938. The number of aryl methyl sites for hydroxylation is 2. The Kier molecular flexibility index (Phi) is 3.87. The molecule has 2 N–H and O–H groups in total. The van der Waals surface area contributed by atoms with Crippen LogP contribution in [0.4, 0.5) is 5.82 Å². The highest BCUT2D eigenvalue weighted by molar-refractivity contribution is 7.18. The van der Waals surface area contributed by atoms with Crippen molar-refractivity contribution in [2.24, 2.45) is 0 Å². The highest BCUT2D eigenvalue weighted by Crippen LogP contribution is 2.31. The van der Waals surface area contributed by atoms with Gasteiger partial charge in [0.25, 0.3) is 0 Å². The first-order valence-electron chi connectivity index (χ1n) is 6.86. The summed E-state index contributed by atoms with van der Waals surface area (Å²) in [6.07, 6.45) is 2.42. The summed E-state index contributed by atoms with van der Waals surface area (Å²) in [5, 5.41) is 0.982. The molecule has 1 unspecified atom stereocenters. The number of aromatic nitrogens is 2. The number of hydrogen-bond acceptors (Lipinski definition) is 6. The molecule has 2 aromatic heterocycles. The van der Waals surface area contributed by atoms with Gasteiger partial charge in [-0.2, -0.15) is 0 Å². The summed E-state index contributed by atoms with van der Waals surface area (Å²) in [6.45, 7) is 5.97. The normalized spacial score (nSPS) is 19.0. The van der Waals surface area contributed by atoms with Crippen molar-refractivity contribution in [2.45, 2.75) is 39.4 Å². The van der Waals surface area contributed by atoms with Crippen LogP contribution >= 0.6 is 11.3 Å². The Morgan fingerprint density at radius 2 is 2.25 bits per heavy atom. The molecular formula is C14H19N3O2S. The molecule has 0 saturated carbocycles. The summed E-state index contributed by atoms with van der Waals surface area (Å²) in [5.41, 5.74) is 7.22. The van der Waals surface area contributed by atoms with Gasteiger partial charge in [-0.1, -0.05) is 0 Å². The number of fused-ring (bicyclic) bond motifs is 1. The second-order valence-electron chi connectivity index (χ2n) is 5.14. The third-order valence-electron chi connectivity index (χ3n) is 3.66. The number of thiophene rings is 1.